The summed E-state index contributed by atoms with van der Waals surface area (Å²) in [6, 6.07) is 9.42. The molecule has 0 radical (unpaired) electrons. The predicted octanol–water partition coefficient (Wildman–Crippen LogP) is 4.80. The molecule has 98 valence electrons. The molecule has 0 unspecified atom stereocenters. The van der Waals surface area contributed by atoms with Crippen molar-refractivity contribution in [3.05, 3.63) is 62.8 Å². The largest absolute Gasteiger partial charge is 0.319 e. The zero-order valence-electron chi connectivity index (χ0n) is 10.0. The van der Waals surface area contributed by atoms with E-state index in [4.69, 9.17) is 11.6 Å². The van der Waals surface area contributed by atoms with Crippen LogP contribution in [0.15, 0.2) is 40.9 Å². The van der Waals surface area contributed by atoms with Crippen LogP contribution < -0.4 is 5.32 Å². The van der Waals surface area contributed by atoms with Crippen molar-refractivity contribution in [3.8, 4) is 0 Å². The number of rotatable bonds is 2. The van der Waals surface area contributed by atoms with Gasteiger partial charge in [0.25, 0.3) is 5.91 Å². The molecule has 5 heteroatoms. The molecule has 2 aromatic carbocycles. The third kappa shape index (κ3) is 3.33. The van der Waals surface area contributed by atoms with E-state index in [1.165, 1.54) is 18.2 Å². The fourth-order valence-electron chi connectivity index (χ4n) is 1.55. The summed E-state index contributed by atoms with van der Waals surface area (Å²) in [5.74, 6) is -0.867. The van der Waals surface area contributed by atoms with Crippen molar-refractivity contribution in [2.24, 2.45) is 0 Å². The van der Waals surface area contributed by atoms with Crippen LogP contribution in [0.3, 0.4) is 0 Å². The minimum absolute atomic E-state index is 0.148. The second-order valence-electron chi connectivity index (χ2n) is 4.07. The molecule has 0 saturated carbocycles. The molecule has 1 N–H and O–H groups in total. The van der Waals surface area contributed by atoms with E-state index < -0.39 is 11.7 Å². The lowest BCUT2D eigenvalue weighted by atomic mass is 10.2. The average molecular weight is 343 g/mol. The van der Waals surface area contributed by atoms with Gasteiger partial charge >= 0.3 is 0 Å². The highest BCUT2D eigenvalue weighted by molar-refractivity contribution is 9.10. The lowest BCUT2D eigenvalue weighted by molar-refractivity contribution is 0.102. The molecule has 0 fully saturated rings. The number of aryl methyl sites for hydroxylation is 1. The van der Waals surface area contributed by atoms with E-state index in [1.807, 2.05) is 0 Å². The van der Waals surface area contributed by atoms with Crippen molar-refractivity contribution in [1.82, 2.24) is 0 Å². The summed E-state index contributed by atoms with van der Waals surface area (Å²) in [7, 11) is 0. The van der Waals surface area contributed by atoms with Gasteiger partial charge in [0.15, 0.2) is 0 Å². The summed E-state index contributed by atoms with van der Waals surface area (Å²) in [6.45, 7) is 1.78. The third-order valence-corrected chi connectivity index (χ3v) is 3.79. The van der Waals surface area contributed by atoms with Crippen LogP contribution in [-0.2, 0) is 0 Å². The molecule has 0 spiro atoms. The van der Waals surface area contributed by atoms with Gasteiger partial charge in [-0.25, -0.2) is 4.39 Å². The number of halogens is 3. The Labute approximate surface area is 123 Å². The van der Waals surface area contributed by atoms with Crippen molar-refractivity contribution in [2.75, 3.05) is 5.32 Å². The molecule has 1 amide bonds. The van der Waals surface area contributed by atoms with Crippen LogP contribution >= 0.6 is 27.5 Å². The Hall–Kier alpha value is -1.39. The second-order valence-corrected chi connectivity index (χ2v) is 5.33. The van der Waals surface area contributed by atoms with Gasteiger partial charge < -0.3 is 5.32 Å². The minimum Gasteiger partial charge on any atom is -0.319 e. The van der Waals surface area contributed by atoms with Crippen LogP contribution in [0, 0.1) is 12.7 Å². The van der Waals surface area contributed by atoms with Gasteiger partial charge in [0.1, 0.15) is 5.82 Å². The maximum atomic E-state index is 13.6. The number of nitrogens with one attached hydrogen (secondary N) is 1. The van der Waals surface area contributed by atoms with E-state index in [2.05, 4.69) is 21.2 Å². The van der Waals surface area contributed by atoms with Crippen molar-refractivity contribution in [2.45, 2.75) is 6.92 Å². The molecule has 0 heterocycles. The summed E-state index contributed by atoms with van der Waals surface area (Å²) >= 11 is 9.15. The van der Waals surface area contributed by atoms with Crippen molar-refractivity contribution in [1.29, 1.82) is 0 Å². The highest BCUT2D eigenvalue weighted by Crippen LogP contribution is 2.24. The van der Waals surface area contributed by atoms with Crippen LogP contribution in [0.1, 0.15) is 15.9 Å². The molecule has 0 aromatic heterocycles. The SMILES string of the molecule is Cc1ccc(NC(=O)c2ccc(Br)c(Cl)c2)c(F)c1. The van der Waals surface area contributed by atoms with Gasteiger partial charge in [-0.15, -0.1) is 0 Å². The lowest BCUT2D eigenvalue weighted by Crippen LogP contribution is -2.13. The average Bonchev–Trinajstić information content (AvgIpc) is 2.36. The maximum Gasteiger partial charge on any atom is 0.255 e. The van der Waals surface area contributed by atoms with Crippen LogP contribution in [-0.4, -0.2) is 5.91 Å². The summed E-state index contributed by atoms with van der Waals surface area (Å²) in [6.07, 6.45) is 0. The number of anilines is 1. The molecule has 0 bridgehead atoms. The Balaban J connectivity index is 2.23. The lowest BCUT2D eigenvalue weighted by Gasteiger charge is -2.07. The number of carbonyl (C=O) groups excluding carboxylic acids is 1. The van der Waals surface area contributed by atoms with Gasteiger partial charge in [-0.2, -0.15) is 0 Å². The Bertz CT molecular complexity index is 645. The molecule has 0 atom stereocenters. The summed E-state index contributed by atoms with van der Waals surface area (Å²) in [5, 5.41) is 2.94. The monoisotopic (exact) mass is 341 g/mol. The normalized spacial score (nSPS) is 10.3. The molecular formula is C14H10BrClFNO. The third-order valence-electron chi connectivity index (χ3n) is 2.55. The summed E-state index contributed by atoms with van der Waals surface area (Å²) < 4.78 is 14.3. The first kappa shape index (κ1) is 14.0. The molecule has 19 heavy (non-hydrogen) atoms. The Morgan fingerprint density at radius 2 is 2.00 bits per heavy atom. The standard InChI is InChI=1S/C14H10BrClFNO/c1-8-2-5-13(12(17)6-8)18-14(19)9-3-4-10(15)11(16)7-9/h2-7H,1H3,(H,18,19). The van der Waals surface area contributed by atoms with Gasteiger partial charge in [0.05, 0.1) is 10.7 Å². The zero-order valence-corrected chi connectivity index (χ0v) is 12.3. The number of hydrogen-bond acceptors (Lipinski definition) is 1. The van der Waals surface area contributed by atoms with Gasteiger partial charge in [0, 0.05) is 10.0 Å². The first-order chi connectivity index (χ1) is 8.97. The number of amides is 1. The Morgan fingerprint density at radius 1 is 1.26 bits per heavy atom. The van der Waals surface area contributed by atoms with Crippen LogP contribution in [0.5, 0.6) is 0 Å². The predicted molar refractivity (Wildman–Crippen MR) is 78.2 cm³/mol. The molecule has 0 saturated heterocycles. The van der Waals surface area contributed by atoms with E-state index in [0.29, 0.717) is 15.1 Å². The molecule has 2 aromatic rings. The van der Waals surface area contributed by atoms with Gasteiger partial charge in [-0.05, 0) is 58.7 Å². The highest BCUT2D eigenvalue weighted by Gasteiger charge is 2.10. The van der Waals surface area contributed by atoms with Gasteiger partial charge in [0.2, 0.25) is 0 Å². The van der Waals surface area contributed by atoms with E-state index in [1.54, 1.807) is 25.1 Å². The van der Waals surface area contributed by atoms with Gasteiger partial charge in [-0.3, -0.25) is 4.79 Å². The maximum absolute atomic E-state index is 13.6. The first-order valence-corrected chi connectivity index (χ1v) is 6.67. The smallest absolute Gasteiger partial charge is 0.255 e. The molecule has 0 aliphatic rings. The first-order valence-electron chi connectivity index (χ1n) is 5.50. The number of carbonyl (C=O) groups is 1. The molecule has 0 aliphatic heterocycles. The second kappa shape index (κ2) is 5.72. The van der Waals surface area contributed by atoms with Crippen molar-refractivity contribution in [3.63, 3.8) is 0 Å². The van der Waals surface area contributed by atoms with E-state index in [0.717, 1.165) is 5.56 Å². The topological polar surface area (TPSA) is 29.1 Å². The molecule has 2 nitrogen and oxygen atoms in total. The van der Waals surface area contributed by atoms with Gasteiger partial charge in [-0.1, -0.05) is 17.7 Å². The minimum atomic E-state index is -0.462. The molecule has 2 rings (SSSR count). The summed E-state index contributed by atoms with van der Waals surface area (Å²) in [5.41, 5.74) is 1.31. The Morgan fingerprint density at radius 3 is 2.63 bits per heavy atom. The fourth-order valence-corrected chi connectivity index (χ4v) is 1.98. The van der Waals surface area contributed by atoms with Crippen LogP contribution in [0.25, 0.3) is 0 Å². The summed E-state index contributed by atoms with van der Waals surface area (Å²) in [4.78, 5) is 12.0. The van der Waals surface area contributed by atoms with E-state index >= 15 is 0 Å². The highest BCUT2D eigenvalue weighted by atomic mass is 79.9. The number of benzene rings is 2. The fraction of sp³-hybridized carbons (Fsp3) is 0.0714. The zero-order chi connectivity index (χ0) is 14.0. The molecular weight excluding hydrogens is 333 g/mol. The van der Waals surface area contributed by atoms with E-state index in [-0.39, 0.29) is 5.69 Å². The quantitative estimate of drug-likeness (QED) is 0.834. The Kier molecular flexibility index (Phi) is 4.22. The number of hydrogen-bond donors (Lipinski definition) is 1. The van der Waals surface area contributed by atoms with E-state index in [9.17, 15) is 9.18 Å². The van der Waals surface area contributed by atoms with Crippen LogP contribution in [0.4, 0.5) is 10.1 Å². The van der Waals surface area contributed by atoms with Crippen molar-refractivity contribution < 1.29 is 9.18 Å². The molecule has 0 aliphatic carbocycles. The van der Waals surface area contributed by atoms with Crippen LogP contribution in [0.2, 0.25) is 5.02 Å². The van der Waals surface area contributed by atoms with Crippen molar-refractivity contribution >= 4 is 39.1 Å².